The van der Waals surface area contributed by atoms with Crippen molar-refractivity contribution in [3.05, 3.63) is 28.7 Å². The van der Waals surface area contributed by atoms with Crippen molar-refractivity contribution in [2.75, 3.05) is 20.2 Å². The number of amidine groups is 1. The monoisotopic (exact) mass is 368 g/mol. The van der Waals surface area contributed by atoms with Gasteiger partial charge >= 0.3 is 6.61 Å². The van der Waals surface area contributed by atoms with E-state index in [-0.39, 0.29) is 17.4 Å². The maximum absolute atomic E-state index is 12.4. The number of hydrogen-bond acceptors (Lipinski definition) is 5. The largest absolute Gasteiger partial charge is 0.493 e. The fraction of sp³-hybridized carbons (Fsp3) is 0.412. The van der Waals surface area contributed by atoms with Crippen molar-refractivity contribution in [2.45, 2.75) is 25.9 Å². The molecule has 5 nitrogen and oxygen atoms in total. The van der Waals surface area contributed by atoms with Gasteiger partial charge in [0.15, 0.2) is 16.7 Å². The number of aliphatic imine (C=N–C) groups is 1. The smallest absolute Gasteiger partial charge is 0.387 e. The fourth-order valence-corrected chi connectivity index (χ4v) is 3.70. The summed E-state index contributed by atoms with van der Waals surface area (Å²) in [5.74, 6) is -0.143. The standard InChI is InChI=1S/C17H18F2N2O3S/c1-23-13-9-11(5-6-12(13)24-16(18)19)10-14-15(22)20-17(25-14)21-7-3-2-4-8-21/h5-6,9-10,16H,2-4,7-8H2,1H3/b14-10-. The number of rotatable bonds is 4. The fourth-order valence-electron chi connectivity index (χ4n) is 2.74. The number of amides is 1. The van der Waals surface area contributed by atoms with Crippen LogP contribution in [0.25, 0.3) is 6.08 Å². The van der Waals surface area contributed by atoms with Crippen molar-refractivity contribution in [1.82, 2.24) is 4.90 Å². The van der Waals surface area contributed by atoms with E-state index in [4.69, 9.17) is 4.74 Å². The normalized spacial score (nSPS) is 19.5. The Morgan fingerprint density at radius 2 is 2.00 bits per heavy atom. The van der Waals surface area contributed by atoms with Gasteiger partial charge in [-0.05, 0) is 54.8 Å². The molecule has 2 aliphatic heterocycles. The highest BCUT2D eigenvalue weighted by Crippen LogP contribution is 2.34. The molecule has 1 fully saturated rings. The topological polar surface area (TPSA) is 51.1 Å². The summed E-state index contributed by atoms with van der Waals surface area (Å²) in [5, 5.41) is 0.737. The van der Waals surface area contributed by atoms with E-state index in [0.717, 1.165) is 31.1 Å². The van der Waals surface area contributed by atoms with Gasteiger partial charge in [-0.3, -0.25) is 4.79 Å². The van der Waals surface area contributed by atoms with Crippen LogP contribution in [0.15, 0.2) is 28.1 Å². The highest BCUT2D eigenvalue weighted by atomic mass is 32.2. The molecule has 1 amide bonds. The van der Waals surface area contributed by atoms with Gasteiger partial charge in [-0.25, -0.2) is 0 Å². The highest BCUT2D eigenvalue weighted by Gasteiger charge is 2.27. The van der Waals surface area contributed by atoms with Crippen molar-refractivity contribution in [3.63, 3.8) is 0 Å². The van der Waals surface area contributed by atoms with E-state index in [0.29, 0.717) is 10.5 Å². The molecule has 0 bridgehead atoms. The molecule has 1 aromatic carbocycles. The number of likely N-dealkylation sites (tertiary alicyclic amines) is 1. The summed E-state index contributed by atoms with van der Waals surface area (Å²) in [5.41, 5.74) is 0.657. The molecule has 2 heterocycles. The maximum atomic E-state index is 12.4. The molecule has 25 heavy (non-hydrogen) atoms. The molecule has 0 saturated carbocycles. The molecule has 0 spiro atoms. The van der Waals surface area contributed by atoms with Crippen LogP contribution in [0.1, 0.15) is 24.8 Å². The molecule has 0 aromatic heterocycles. The minimum Gasteiger partial charge on any atom is -0.493 e. The quantitative estimate of drug-likeness (QED) is 0.758. The lowest BCUT2D eigenvalue weighted by atomic mass is 10.1. The molecule has 3 rings (SSSR count). The van der Waals surface area contributed by atoms with Gasteiger partial charge in [-0.15, -0.1) is 0 Å². The van der Waals surface area contributed by atoms with Crippen LogP contribution in [0.3, 0.4) is 0 Å². The Bertz CT molecular complexity index is 716. The van der Waals surface area contributed by atoms with Gasteiger partial charge in [0.1, 0.15) is 0 Å². The number of benzene rings is 1. The van der Waals surface area contributed by atoms with Crippen LogP contribution >= 0.6 is 11.8 Å². The first-order valence-electron chi connectivity index (χ1n) is 7.97. The Hall–Kier alpha value is -2.09. The Morgan fingerprint density at radius 1 is 1.24 bits per heavy atom. The number of piperidine rings is 1. The predicted molar refractivity (Wildman–Crippen MR) is 93.1 cm³/mol. The third-order valence-corrected chi connectivity index (χ3v) is 4.98. The highest BCUT2D eigenvalue weighted by molar-refractivity contribution is 8.18. The van der Waals surface area contributed by atoms with Crippen LogP contribution in [0.4, 0.5) is 8.78 Å². The number of halogens is 2. The number of carbonyl (C=O) groups excluding carboxylic acids is 1. The second-order valence-electron chi connectivity index (χ2n) is 5.65. The van der Waals surface area contributed by atoms with Crippen molar-refractivity contribution in [1.29, 1.82) is 0 Å². The van der Waals surface area contributed by atoms with Crippen molar-refractivity contribution in [3.8, 4) is 11.5 Å². The van der Waals surface area contributed by atoms with Gasteiger partial charge in [0.2, 0.25) is 0 Å². The van der Waals surface area contributed by atoms with E-state index < -0.39 is 6.61 Å². The van der Waals surface area contributed by atoms with Crippen LogP contribution in [0, 0.1) is 0 Å². The third kappa shape index (κ3) is 4.31. The molecule has 0 radical (unpaired) electrons. The van der Waals surface area contributed by atoms with Crippen LogP contribution in [-0.4, -0.2) is 42.8 Å². The first-order chi connectivity index (χ1) is 12.1. The zero-order valence-corrected chi connectivity index (χ0v) is 14.5. The van der Waals surface area contributed by atoms with Gasteiger partial charge in [0.05, 0.1) is 12.0 Å². The molecular weight excluding hydrogens is 350 g/mol. The number of hydrogen-bond donors (Lipinski definition) is 0. The second-order valence-corrected chi connectivity index (χ2v) is 6.66. The van der Waals surface area contributed by atoms with E-state index in [9.17, 15) is 13.6 Å². The molecule has 2 aliphatic rings. The molecule has 1 saturated heterocycles. The van der Waals surface area contributed by atoms with E-state index in [1.54, 1.807) is 18.2 Å². The van der Waals surface area contributed by atoms with Crippen LogP contribution < -0.4 is 9.47 Å². The van der Waals surface area contributed by atoms with Gasteiger partial charge in [0, 0.05) is 13.1 Å². The van der Waals surface area contributed by atoms with Gasteiger partial charge in [0.25, 0.3) is 5.91 Å². The Balaban J connectivity index is 1.76. The summed E-state index contributed by atoms with van der Waals surface area (Å²) >= 11 is 1.34. The zero-order valence-electron chi connectivity index (χ0n) is 13.7. The lowest BCUT2D eigenvalue weighted by Gasteiger charge is -2.27. The summed E-state index contributed by atoms with van der Waals surface area (Å²) in [6.45, 7) is -1.09. The second kappa shape index (κ2) is 7.86. The SMILES string of the molecule is COc1cc(/C=C2\SC(N3CCCCC3)=NC2=O)ccc1OC(F)F. The minimum absolute atomic E-state index is 0.0460. The average Bonchev–Trinajstić information content (AvgIpc) is 2.97. The molecule has 0 unspecified atom stereocenters. The molecule has 134 valence electrons. The number of alkyl halides is 2. The van der Waals surface area contributed by atoms with E-state index in [1.807, 2.05) is 0 Å². The lowest BCUT2D eigenvalue weighted by Crippen LogP contribution is -2.33. The molecule has 0 aliphatic carbocycles. The minimum atomic E-state index is -2.93. The molecule has 8 heteroatoms. The van der Waals surface area contributed by atoms with Crippen LogP contribution in [0.5, 0.6) is 11.5 Å². The summed E-state index contributed by atoms with van der Waals surface area (Å²) < 4.78 is 34.2. The summed E-state index contributed by atoms with van der Waals surface area (Å²) in [7, 11) is 1.37. The van der Waals surface area contributed by atoms with Gasteiger partial charge in [-0.2, -0.15) is 13.8 Å². The number of methoxy groups -OCH3 is 1. The number of thioether (sulfide) groups is 1. The summed E-state index contributed by atoms with van der Waals surface area (Å²) in [6, 6.07) is 4.55. The number of carbonyl (C=O) groups is 1. The summed E-state index contributed by atoms with van der Waals surface area (Å²) in [4.78, 5) is 18.9. The molecule has 1 aromatic rings. The molecular formula is C17H18F2N2O3S. The van der Waals surface area contributed by atoms with Crippen molar-refractivity contribution < 1.29 is 23.0 Å². The maximum Gasteiger partial charge on any atom is 0.387 e. The lowest BCUT2D eigenvalue weighted by molar-refractivity contribution is -0.113. The Labute approximate surface area is 148 Å². The van der Waals surface area contributed by atoms with Crippen LogP contribution in [0.2, 0.25) is 0 Å². The van der Waals surface area contributed by atoms with E-state index in [1.165, 1.54) is 31.4 Å². The predicted octanol–water partition coefficient (Wildman–Crippen LogP) is 3.75. The van der Waals surface area contributed by atoms with E-state index in [2.05, 4.69) is 14.6 Å². The zero-order chi connectivity index (χ0) is 17.8. The molecule has 0 atom stereocenters. The number of nitrogens with zero attached hydrogens (tertiary/aromatic N) is 2. The van der Waals surface area contributed by atoms with Gasteiger partial charge in [-0.1, -0.05) is 6.07 Å². The summed E-state index contributed by atoms with van der Waals surface area (Å²) in [6.07, 6.45) is 5.10. The van der Waals surface area contributed by atoms with Crippen molar-refractivity contribution in [2.24, 2.45) is 4.99 Å². The average molecular weight is 368 g/mol. The Morgan fingerprint density at radius 3 is 2.68 bits per heavy atom. The van der Waals surface area contributed by atoms with E-state index >= 15 is 0 Å². The van der Waals surface area contributed by atoms with Crippen LogP contribution in [-0.2, 0) is 4.79 Å². The molecule has 0 N–H and O–H groups in total. The third-order valence-electron chi connectivity index (χ3n) is 3.94. The first-order valence-corrected chi connectivity index (χ1v) is 8.79. The van der Waals surface area contributed by atoms with Crippen molar-refractivity contribution >= 4 is 28.9 Å². The Kier molecular flexibility index (Phi) is 5.57. The first kappa shape index (κ1) is 17.7. The van der Waals surface area contributed by atoms with Gasteiger partial charge < -0.3 is 14.4 Å². The number of ether oxygens (including phenoxy) is 2.